The molecule has 0 spiro atoms. The first kappa shape index (κ1) is 6.72. The molecular weight excluding hydrogens is 106 g/mol. The number of hydrogen-bond donors (Lipinski definition) is 2. The minimum absolute atomic E-state index is 0.0665. The van der Waals surface area contributed by atoms with Gasteiger partial charge in [0.2, 0.25) is 12.2 Å². The van der Waals surface area contributed by atoms with Crippen LogP contribution in [0.1, 0.15) is 0 Å². The number of rotatable bonds is 1. The Bertz CT molecular complexity index is 120. The van der Waals surface area contributed by atoms with Gasteiger partial charge in [0.25, 0.3) is 0 Å². The highest BCUT2D eigenvalue weighted by Crippen LogP contribution is 1.59. The van der Waals surface area contributed by atoms with E-state index in [-0.39, 0.29) is 12.6 Å². The number of nitrogens with zero attached hydrogens (tertiary/aromatic N) is 3. The second-order valence-corrected chi connectivity index (χ2v) is 0.911. The van der Waals surface area contributed by atoms with Crippen molar-refractivity contribution in [1.29, 1.82) is 5.26 Å². The van der Waals surface area contributed by atoms with Gasteiger partial charge in [-0.25, -0.2) is 4.99 Å². The first-order valence-electron chi connectivity index (χ1n) is 1.91. The zero-order valence-electron chi connectivity index (χ0n) is 4.20. The van der Waals surface area contributed by atoms with Crippen LogP contribution in [0.3, 0.4) is 0 Å². The maximum Gasteiger partial charge on any atom is 0.227 e. The van der Waals surface area contributed by atoms with Gasteiger partial charge in [0, 0.05) is 0 Å². The Morgan fingerprint density at radius 1 is 1.75 bits per heavy atom. The molecule has 0 saturated heterocycles. The van der Waals surface area contributed by atoms with Crippen LogP contribution in [0.5, 0.6) is 0 Å². The van der Waals surface area contributed by atoms with Crippen molar-refractivity contribution in [3.63, 3.8) is 0 Å². The first-order chi connectivity index (χ1) is 3.81. The normalized spacial score (nSPS) is 10.2. The van der Waals surface area contributed by atoms with Gasteiger partial charge in [0.15, 0.2) is 0 Å². The van der Waals surface area contributed by atoms with Crippen molar-refractivity contribution < 1.29 is 0 Å². The highest BCUT2D eigenvalue weighted by molar-refractivity contribution is 5.78. The molecule has 0 bridgehead atoms. The van der Waals surface area contributed by atoms with Crippen molar-refractivity contribution >= 4 is 5.96 Å². The Kier molecular flexibility index (Phi) is 3.27. The van der Waals surface area contributed by atoms with Gasteiger partial charge in [-0.15, -0.1) is 5.32 Å². The Morgan fingerprint density at radius 2 is 2.38 bits per heavy atom. The lowest BCUT2D eigenvalue weighted by atomic mass is 10.9. The molecule has 0 saturated carbocycles. The fraction of sp³-hybridized carbons (Fsp3) is 0.333. The monoisotopic (exact) mass is 112 g/mol. The van der Waals surface area contributed by atoms with Gasteiger partial charge >= 0.3 is 0 Å². The summed E-state index contributed by atoms with van der Waals surface area (Å²) in [6.07, 6.45) is 1.47. The minimum atomic E-state index is -0.0741. The van der Waals surface area contributed by atoms with Crippen molar-refractivity contribution in [2.24, 2.45) is 16.5 Å². The van der Waals surface area contributed by atoms with Crippen LogP contribution in [0.15, 0.2) is 4.99 Å². The molecule has 43 valence electrons. The molecule has 0 unspecified atom stereocenters. The largest absolute Gasteiger partial charge is 0.367 e. The van der Waals surface area contributed by atoms with Gasteiger partial charge < -0.3 is 11.5 Å². The van der Waals surface area contributed by atoms with E-state index in [0.29, 0.717) is 0 Å². The molecule has 0 atom stereocenters. The smallest absolute Gasteiger partial charge is 0.227 e. The van der Waals surface area contributed by atoms with Gasteiger partial charge in [-0.1, -0.05) is 0 Å². The van der Waals surface area contributed by atoms with Crippen LogP contribution in [-0.2, 0) is 0 Å². The lowest BCUT2D eigenvalue weighted by Crippen LogP contribution is -2.22. The summed E-state index contributed by atoms with van der Waals surface area (Å²) in [6, 6.07) is 0. The molecule has 0 aromatic heterocycles. The number of nitriles is 1. The van der Waals surface area contributed by atoms with Crippen LogP contribution in [0, 0.1) is 11.5 Å². The zero-order chi connectivity index (χ0) is 6.41. The number of nitrogens with two attached hydrogens (primary N) is 2. The van der Waals surface area contributed by atoms with Crippen LogP contribution in [0.25, 0.3) is 0 Å². The molecule has 0 aliphatic heterocycles. The third kappa shape index (κ3) is 2.93. The van der Waals surface area contributed by atoms with Crippen molar-refractivity contribution in [3.8, 4) is 6.19 Å². The quantitative estimate of drug-likeness (QED) is 0.240. The van der Waals surface area contributed by atoms with Crippen LogP contribution in [0.2, 0.25) is 0 Å². The molecule has 0 rings (SSSR count). The lowest BCUT2D eigenvalue weighted by Gasteiger charge is -1.86. The molecule has 0 aliphatic carbocycles. The molecule has 0 heterocycles. The first-order valence-corrected chi connectivity index (χ1v) is 1.91. The van der Waals surface area contributed by atoms with Gasteiger partial charge in [0.1, 0.15) is 0 Å². The molecule has 0 fully saturated rings. The summed E-state index contributed by atoms with van der Waals surface area (Å²) in [5, 5.41) is 10.9. The van der Waals surface area contributed by atoms with E-state index in [0.717, 1.165) is 0 Å². The van der Waals surface area contributed by atoms with Gasteiger partial charge in [-0.2, -0.15) is 5.26 Å². The van der Waals surface area contributed by atoms with Gasteiger partial charge in [-0.05, 0) is 0 Å². The number of aliphatic imine (C=N–C) groups is 1. The standard InChI is InChI=1S/C3H6N5/c4-1-7-3(6)8-2-5/h1,4H2,(H2,6,7). The Labute approximate surface area is 47.0 Å². The molecule has 5 nitrogen and oxygen atoms in total. The zero-order valence-corrected chi connectivity index (χ0v) is 4.20. The van der Waals surface area contributed by atoms with Crippen molar-refractivity contribution in [2.45, 2.75) is 0 Å². The summed E-state index contributed by atoms with van der Waals surface area (Å²) in [6.45, 7) is 0.0665. The predicted molar refractivity (Wildman–Crippen MR) is 28.4 cm³/mol. The van der Waals surface area contributed by atoms with Crippen molar-refractivity contribution in [1.82, 2.24) is 5.32 Å². The average Bonchev–Trinajstić information content (AvgIpc) is 1.68. The molecule has 0 aromatic rings. The van der Waals surface area contributed by atoms with E-state index in [1.54, 1.807) is 0 Å². The molecular formula is C3H6N5. The Morgan fingerprint density at radius 3 is 2.75 bits per heavy atom. The third-order valence-corrected chi connectivity index (χ3v) is 0.418. The molecule has 0 aliphatic rings. The molecule has 1 radical (unpaired) electrons. The van der Waals surface area contributed by atoms with Crippen LogP contribution in [-0.4, -0.2) is 12.6 Å². The Hall–Kier alpha value is -1.28. The summed E-state index contributed by atoms with van der Waals surface area (Å²) >= 11 is 0. The van der Waals surface area contributed by atoms with E-state index in [1.807, 2.05) is 0 Å². The molecule has 0 aromatic carbocycles. The highest BCUT2D eigenvalue weighted by Gasteiger charge is 1.84. The lowest BCUT2D eigenvalue weighted by molar-refractivity contribution is 1.03. The second kappa shape index (κ2) is 3.89. The van der Waals surface area contributed by atoms with Crippen LogP contribution in [0.4, 0.5) is 0 Å². The summed E-state index contributed by atoms with van der Waals surface area (Å²) in [5.41, 5.74) is 9.90. The molecule has 0 amide bonds. The predicted octanol–water partition coefficient (Wildman–Crippen LogP) is -1.70. The fourth-order valence-electron chi connectivity index (χ4n) is 0.180. The topological polar surface area (TPSA) is 102 Å². The van der Waals surface area contributed by atoms with E-state index in [4.69, 9.17) is 16.7 Å². The fourth-order valence-corrected chi connectivity index (χ4v) is 0.180. The van der Waals surface area contributed by atoms with E-state index in [9.17, 15) is 0 Å². The third-order valence-electron chi connectivity index (χ3n) is 0.418. The maximum atomic E-state index is 7.84. The van der Waals surface area contributed by atoms with Crippen molar-refractivity contribution in [3.05, 3.63) is 0 Å². The van der Waals surface area contributed by atoms with Gasteiger partial charge in [-0.3, -0.25) is 0 Å². The molecule has 4 N–H and O–H groups in total. The SMILES string of the molecule is N#C[N]C(N)=NCN. The maximum absolute atomic E-state index is 7.84. The highest BCUT2D eigenvalue weighted by atomic mass is 15.1. The molecule has 5 heteroatoms. The van der Waals surface area contributed by atoms with E-state index in [2.05, 4.69) is 10.3 Å². The van der Waals surface area contributed by atoms with E-state index < -0.39 is 0 Å². The number of guanidine groups is 1. The van der Waals surface area contributed by atoms with E-state index >= 15 is 0 Å². The van der Waals surface area contributed by atoms with Crippen LogP contribution < -0.4 is 16.8 Å². The van der Waals surface area contributed by atoms with Crippen molar-refractivity contribution in [2.75, 3.05) is 6.67 Å². The average molecular weight is 112 g/mol. The molecule has 8 heavy (non-hydrogen) atoms. The van der Waals surface area contributed by atoms with Crippen LogP contribution >= 0.6 is 0 Å². The summed E-state index contributed by atoms with van der Waals surface area (Å²) in [7, 11) is 0. The summed E-state index contributed by atoms with van der Waals surface area (Å²) in [5.74, 6) is -0.0741. The Balaban J connectivity index is 3.49. The number of hydrogen-bond acceptors (Lipinski definition) is 3. The second-order valence-electron chi connectivity index (χ2n) is 0.911. The summed E-state index contributed by atoms with van der Waals surface area (Å²) in [4.78, 5) is 3.40. The van der Waals surface area contributed by atoms with Gasteiger partial charge in [0.05, 0.1) is 6.67 Å². The van der Waals surface area contributed by atoms with E-state index in [1.165, 1.54) is 6.19 Å². The summed E-state index contributed by atoms with van der Waals surface area (Å²) < 4.78 is 0. The minimum Gasteiger partial charge on any atom is -0.367 e.